The first-order valence-corrected chi connectivity index (χ1v) is 5.48. The molecule has 3 N–H and O–H groups in total. The van der Waals surface area contributed by atoms with Crippen molar-refractivity contribution in [2.75, 3.05) is 13.7 Å². The van der Waals surface area contributed by atoms with Gasteiger partial charge in [-0.15, -0.1) is 0 Å². The van der Waals surface area contributed by atoms with Crippen molar-refractivity contribution in [2.24, 2.45) is 5.41 Å². The fourth-order valence-corrected chi connectivity index (χ4v) is 1.20. The fraction of sp³-hybridized carbons (Fsp3) is 0.818. The second kappa shape index (κ2) is 5.86. The number of aliphatic hydroxyl groups is 1. The second-order valence-corrected chi connectivity index (χ2v) is 5.23. The maximum absolute atomic E-state index is 11.7. The molecule has 2 atom stereocenters. The van der Waals surface area contributed by atoms with E-state index in [0.717, 1.165) is 0 Å². The van der Waals surface area contributed by atoms with Gasteiger partial charge >= 0.3 is 12.0 Å². The number of hydrogen-bond acceptors (Lipinski definition) is 3. The molecule has 0 bridgehead atoms. The number of aliphatic hydroxyl groups excluding tert-OH is 1. The Kier molecular flexibility index (Phi) is 5.41. The molecule has 0 aromatic carbocycles. The van der Waals surface area contributed by atoms with Crippen LogP contribution < -0.4 is 5.32 Å². The van der Waals surface area contributed by atoms with Crippen LogP contribution in [0.5, 0.6) is 0 Å². The maximum atomic E-state index is 11.7. The third kappa shape index (κ3) is 4.60. The minimum Gasteiger partial charge on any atom is -0.480 e. The molecule has 0 radical (unpaired) electrons. The van der Waals surface area contributed by atoms with Crippen LogP contribution in [0.25, 0.3) is 0 Å². The van der Waals surface area contributed by atoms with Gasteiger partial charge in [-0.3, -0.25) is 0 Å². The molecule has 0 saturated heterocycles. The average molecular weight is 246 g/mol. The smallest absolute Gasteiger partial charge is 0.326 e. The number of likely N-dealkylation sites (N-methyl/N-ethyl adjacent to an activating group) is 1. The van der Waals surface area contributed by atoms with Crippen molar-refractivity contribution in [3.63, 3.8) is 0 Å². The van der Waals surface area contributed by atoms with E-state index in [1.54, 1.807) is 27.7 Å². The van der Waals surface area contributed by atoms with Crippen LogP contribution in [0.3, 0.4) is 0 Å². The minimum atomic E-state index is -1.07. The number of carbonyl (C=O) groups excluding carboxylic acids is 1. The number of carboxylic acids is 1. The van der Waals surface area contributed by atoms with Crippen LogP contribution in [0, 0.1) is 5.41 Å². The Bertz CT molecular complexity index is 286. The molecule has 6 nitrogen and oxygen atoms in total. The topological polar surface area (TPSA) is 89.9 Å². The summed E-state index contributed by atoms with van der Waals surface area (Å²) in [5.74, 6) is -1.07. The number of urea groups is 1. The van der Waals surface area contributed by atoms with Gasteiger partial charge in [-0.2, -0.15) is 0 Å². The standard InChI is InChI=1S/C11H22N2O4/c1-7(6-14)13(5)10(17)12-8(9(15)16)11(2,3)4/h7-8,14H,6H2,1-5H3,(H,12,17)(H,15,16)/t7?,8-/m0/s1. The molecular formula is C11H22N2O4. The molecule has 0 aliphatic rings. The zero-order valence-electron chi connectivity index (χ0n) is 11.0. The molecule has 0 rings (SSSR count). The van der Waals surface area contributed by atoms with Crippen LogP contribution in [-0.2, 0) is 4.79 Å². The van der Waals surface area contributed by atoms with Gasteiger partial charge in [-0.1, -0.05) is 20.8 Å². The normalized spacial score (nSPS) is 14.9. The summed E-state index contributed by atoms with van der Waals surface area (Å²) in [5.41, 5.74) is -0.579. The van der Waals surface area contributed by atoms with Gasteiger partial charge in [0.2, 0.25) is 0 Å². The number of nitrogens with zero attached hydrogens (tertiary/aromatic N) is 1. The first-order chi connectivity index (χ1) is 7.61. The van der Waals surface area contributed by atoms with Gasteiger partial charge in [0, 0.05) is 7.05 Å². The largest absolute Gasteiger partial charge is 0.480 e. The quantitative estimate of drug-likeness (QED) is 0.674. The Hall–Kier alpha value is -1.30. The first-order valence-electron chi connectivity index (χ1n) is 5.48. The van der Waals surface area contributed by atoms with E-state index in [1.807, 2.05) is 0 Å². The highest BCUT2D eigenvalue weighted by Crippen LogP contribution is 2.19. The van der Waals surface area contributed by atoms with Crippen molar-refractivity contribution < 1.29 is 19.8 Å². The first kappa shape index (κ1) is 15.7. The number of amides is 2. The SMILES string of the molecule is CC(CO)N(C)C(=O)N[C@@H](C(=O)O)C(C)(C)C. The van der Waals surface area contributed by atoms with E-state index in [4.69, 9.17) is 10.2 Å². The lowest BCUT2D eigenvalue weighted by atomic mass is 9.87. The zero-order valence-corrected chi connectivity index (χ0v) is 11.0. The lowest BCUT2D eigenvalue weighted by molar-refractivity contribution is -0.142. The van der Waals surface area contributed by atoms with E-state index < -0.39 is 23.5 Å². The van der Waals surface area contributed by atoms with Gasteiger partial charge in [0.25, 0.3) is 0 Å². The van der Waals surface area contributed by atoms with Crippen LogP contribution in [0.2, 0.25) is 0 Å². The van der Waals surface area contributed by atoms with Crippen molar-refractivity contribution in [3.05, 3.63) is 0 Å². The third-order valence-electron chi connectivity index (χ3n) is 2.63. The summed E-state index contributed by atoms with van der Waals surface area (Å²) in [6.45, 7) is 6.72. The number of aliphatic carboxylic acids is 1. The van der Waals surface area contributed by atoms with Gasteiger partial charge in [0.1, 0.15) is 6.04 Å². The predicted molar refractivity (Wildman–Crippen MR) is 63.7 cm³/mol. The average Bonchev–Trinajstić information content (AvgIpc) is 2.21. The van der Waals surface area contributed by atoms with Gasteiger partial charge in [-0.25, -0.2) is 9.59 Å². The lowest BCUT2D eigenvalue weighted by Crippen LogP contribution is -2.54. The van der Waals surface area contributed by atoms with Gasteiger partial charge in [0.05, 0.1) is 12.6 Å². The molecule has 0 aliphatic carbocycles. The lowest BCUT2D eigenvalue weighted by Gasteiger charge is -2.31. The highest BCUT2D eigenvalue weighted by molar-refractivity contribution is 5.83. The second-order valence-electron chi connectivity index (χ2n) is 5.23. The van der Waals surface area contributed by atoms with E-state index >= 15 is 0 Å². The molecule has 0 heterocycles. The van der Waals surface area contributed by atoms with Crippen molar-refractivity contribution in [3.8, 4) is 0 Å². The molecule has 2 amide bonds. The Morgan fingerprint density at radius 2 is 1.82 bits per heavy atom. The molecule has 6 heteroatoms. The van der Waals surface area contributed by atoms with E-state index in [1.165, 1.54) is 11.9 Å². The molecule has 0 aliphatic heterocycles. The molecule has 0 fully saturated rings. The zero-order chi connectivity index (χ0) is 13.8. The number of hydrogen-bond donors (Lipinski definition) is 3. The highest BCUT2D eigenvalue weighted by Gasteiger charge is 2.33. The Morgan fingerprint density at radius 3 is 2.12 bits per heavy atom. The number of nitrogens with one attached hydrogen (secondary N) is 1. The molecule has 0 aromatic rings. The van der Waals surface area contributed by atoms with Crippen LogP contribution in [-0.4, -0.2) is 52.9 Å². The molecular weight excluding hydrogens is 224 g/mol. The number of carboxylic acid groups (broad SMARTS) is 1. The molecule has 1 unspecified atom stereocenters. The van der Waals surface area contributed by atoms with E-state index in [-0.39, 0.29) is 12.6 Å². The Morgan fingerprint density at radius 1 is 1.35 bits per heavy atom. The van der Waals surface area contributed by atoms with Crippen molar-refractivity contribution in [2.45, 2.75) is 39.8 Å². The van der Waals surface area contributed by atoms with E-state index in [9.17, 15) is 9.59 Å². The molecule has 0 saturated carbocycles. The highest BCUT2D eigenvalue weighted by atomic mass is 16.4. The van der Waals surface area contributed by atoms with Crippen LogP contribution in [0.15, 0.2) is 0 Å². The summed E-state index contributed by atoms with van der Waals surface area (Å²) in [4.78, 5) is 24.1. The number of rotatable bonds is 4. The number of carbonyl (C=O) groups is 2. The van der Waals surface area contributed by atoms with Crippen LogP contribution in [0.4, 0.5) is 4.79 Å². The summed E-state index contributed by atoms with van der Waals surface area (Å²) in [6, 6.07) is -1.83. The summed E-state index contributed by atoms with van der Waals surface area (Å²) < 4.78 is 0. The molecule has 100 valence electrons. The Labute approximate surface area is 102 Å². The summed E-state index contributed by atoms with van der Waals surface area (Å²) in [7, 11) is 1.51. The minimum absolute atomic E-state index is 0.169. The Balaban J connectivity index is 4.69. The maximum Gasteiger partial charge on any atom is 0.326 e. The summed E-state index contributed by atoms with van der Waals surface area (Å²) in [6.07, 6.45) is 0. The summed E-state index contributed by atoms with van der Waals surface area (Å²) in [5, 5.41) is 20.4. The fourth-order valence-electron chi connectivity index (χ4n) is 1.20. The monoisotopic (exact) mass is 246 g/mol. The van der Waals surface area contributed by atoms with E-state index in [0.29, 0.717) is 0 Å². The van der Waals surface area contributed by atoms with Gasteiger partial charge < -0.3 is 20.4 Å². The third-order valence-corrected chi connectivity index (χ3v) is 2.63. The van der Waals surface area contributed by atoms with Gasteiger partial charge in [-0.05, 0) is 12.3 Å². The van der Waals surface area contributed by atoms with E-state index in [2.05, 4.69) is 5.32 Å². The predicted octanol–water partition coefficient (Wildman–Crippen LogP) is 0.508. The molecule has 0 spiro atoms. The van der Waals surface area contributed by atoms with Crippen molar-refractivity contribution in [1.82, 2.24) is 10.2 Å². The van der Waals surface area contributed by atoms with Crippen LogP contribution in [0.1, 0.15) is 27.7 Å². The molecule has 0 aromatic heterocycles. The van der Waals surface area contributed by atoms with Crippen molar-refractivity contribution in [1.29, 1.82) is 0 Å². The van der Waals surface area contributed by atoms with Crippen LogP contribution >= 0.6 is 0 Å². The van der Waals surface area contributed by atoms with Crippen molar-refractivity contribution >= 4 is 12.0 Å². The summed E-state index contributed by atoms with van der Waals surface area (Å²) >= 11 is 0. The van der Waals surface area contributed by atoms with Gasteiger partial charge in [0.15, 0.2) is 0 Å². The molecule has 17 heavy (non-hydrogen) atoms.